The van der Waals surface area contributed by atoms with Gasteiger partial charge < -0.3 is 14.6 Å². The molecule has 9 heteroatoms. The van der Waals surface area contributed by atoms with Gasteiger partial charge in [0.25, 0.3) is 0 Å². The van der Waals surface area contributed by atoms with Crippen LogP contribution in [0.3, 0.4) is 0 Å². The minimum Gasteiger partial charge on any atom is -0.491 e. The lowest BCUT2D eigenvalue weighted by atomic mass is 9.97. The number of rotatable bonds is 2. The van der Waals surface area contributed by atoms with Gasteiger partial charge in [-0.25, -0.2) is 4.79 Å². The van der Waals surface area contributed by atoms with Crippen LogP contribution in [0.4, 0.5) is 13.2 Å². The van der Waals surface area contributed by atoms with Crippen molar-refractivity contribution in [2.24, 2.45) is 0 Å². The van der Waals surface area contributed by atoms with E-state index in [1.54, 1.807) is 0 Å². The SMILES string of the molecule is COc1c(Cl)c(Cl)c(C)c2c1OC(C(F)(F)F)C(C(=O)O)=C2. The Labute approximate surface area is 133 Å². The zero-order valence-corrected chi connectivity index (χ0v) is 12.7. The topological polar surface area (TPSA) is 55.8 Å². The second-order valence-corrected chi connectivity index (χ2v) is 5.23. The second kappa shape index (κ2) is 5.55. The van der Waals surface area contributed by atoms with Gasteiger partial charge in [-0.05, 0) is 18.6 Å². The average Bonchev–Trinajstić information content (AvgIpc) is 2.43. The third kappa shape index (κ3) is 2.59. The van der Waals surface area contributed by atoms with Crippen molar-refractivity contribution >= 4 is 35.2 Å². The summed E-state index contributed by atoms with van der Waals surface area (Å²) in [6.07, 6.45) is -6.66. The smallest absolute Gasteiger partial charge is 0.430 e. The molecular weight excluding hydrogens is 348 g/mol. The van der Waals surface area contributed by atoms with Crippen LogP contribution >= 0.6 is 23.2 Å². The molecule has 1 aliphatic heterocycles. The van der Waals surface area contributed by atoms with E-state index in [2.05, 4.69) is 0 Å². The number of methoxy groups -OCH3 is 1. The summed E-state index contributed by atoms with van der Waals surface area (Å²) < 4.78 is 48.9. The van der Waals surface area contributed by atoms with Crippen molar-refractivity contribution in [3.63, 3.8) is 0 Å². The van der Waals surface area contributed by atoms with Crippen molar-refractivity contribution in [3.8, 4) is 11.5 Å². The third-order valence-electron chi connectivity index (χ3n) is 3.14. The maximum Gasteiger partial charge on any atom is 0.430 e. The molecule has 1 heterocycles. The van der Waals surface area contributed by atoms with Crippen LogP contribution < -0.4 is 9.47 Å². The van der Waals surface area contributed by atoms with E-state index in [9.17, 15) is 18.0 Å². The summed E-state index contributed by atoms with van der Waals surface area (Å²) in [5.41, 5.74) is -0.561. The number of carboxylic acids is 1. The number of hydrogen-bond acceptors (Lipinski definition) is 3. The molecule has 0 amide bonds. The van der Waals surface area contributed by atoms with Gasteiger partial charge in [-0.3, -0.25) is 0 Å². The van der Waals surface area contributed by atoms with Gasteiger partial charge in [-0.1, -0.05) is 23.2 Å². The molecule has 0 spiro atoms. The predicted molar refractivity (Wildman–Crippen MR) is 73.8 cm³/mol. The molecule has 1 aliphatic rings. The van der Waals surface area contributed by atoms with E-state index in [0.29, 0.717) is 5.56 Å². The molecule has 1 atom stereocenters. The third-order valence-corrected chi connectivity index (χ3v) is 4.07. The van der Waals surface area contributed by atoms with Crippen LogP contribution in [0, 0.1) is 6.92 Å². The second-order valence-electron chi connectivity index (χ2n) is 4.47. The van der Waals surface area contributed by atoms with Crippen LogP contribution in [0.5, 0.6) is 11.5 Å². The van der Waals surface area contributed by atoms with Gasteiger partial charge in [0.15, 0.2) is 11.5 Å². The highest BCUT2D eigenvalue weighted by atomic mass is 35.5. The molecule has 0 radical (unpaired) electrons. The Hall–Kier alpha value is -1.60. The van der Waals surface area contributed by atoms with Crippen LogP contribution in [-0.4, -0.2) is 30.5 Å². The quantitative estimate of drug-likeness (QED) is 0.866. The number of aliphatic carboxylic acids is 1. The van der Waals surface area contributed by atoms with Gasteiger partial charge in [-0.15, -0.1) is 0 Å². The number of alkyl halides is 3. The highest BCUT2D eigenvalue weighted by Crippen LogP contribution is 2.50. The summed E-state index contributed by atoms with van der Waals surface area (Å²) in [5, 5.41) is 8.95. The Balaban J connectivity index is 2.78. The van der Waals surface area contributed by atoms with E-state index in [4.69, 9.17) is 37.8 Å². The molecule has 1 N–H and O–H groups in total. The van der Waals surface area contributed by atoms with Crippen LogP contribution in [-0.2, 0) is 4.79 Å². The van der Waals surface area contributed by atoms with E-state index in [1.807, 2.05) is 0 Å². The first-order valence-electron chi connectivity index (χ1n) is 5.83. The predicted octanol–water partition coefficient (Wildman–Crippen LogP) is 4.10. The first-order chi connectivity index (χ1) is 10.1. The average molecular weight is 357 g/mol. The molecule has 1 unspecified atom stereocenters. The van der Waals surface area contributed by atoms with Crippen LogP contribution in [0.25, 0.3) is 6.08 Å². The Bertz CT molecular complexity index is 683. The molecular formula is C13H9Cl2F3O4. The highest BCUT2D eigenvalue weighted by Gasteiger charge is 2.49. The molecule has 0 fully saturated rings. The van der Waals surface area contributed by atoms with Crippen molar-refractivity contribution in [2.45, 2.75) is 19.2 Å². The summed E-state index contributed by atoms with van der Waals surface area (Å²) in [6.45, 7) is 1.49. The maximum atomic E-state index is 13.0. The molecule has 0 saturated carbocycles. The zero-order valence-electron chi connectivity index (χ0n) is 11.2. The fraction of sp³-hybridized carbons (Fsp3) is 0.308. The minimum absolute atomic E-state index is 0.0484. The van der Waals surface area contributed by atoms with Crippen molar-refractivity contribution in [1.82, 2.24) is 0 Å². The van der Waals surface area contributed by atoms with Gasteiger partial charge >= 0.3 is 12.1 Å². The lowest BCUT2D eigenvalue weighted by Crippen LogP contribution is -2.40. The number of benzene rings is 1. The molecule has 0 saturated heterocycles. The fourth-order valence-corrected chi connectivity index (χ4v) is 2.57. The maximum absolute atomic E-state index is 13.0. The van der Waals surface area contributed by atoms with E-state index in [1.165, 1.54) is 14.0 Å². The number of fused-ring (bicyclic) bond motifs is 1. The number of ether oxygens (including phenoxy) is 2. The van der Waals surface area contributed by atoms with Crippen molar-refractivity contribution in [1.29, 1.82) is 0 Å². The molecule has 120 valence electrons. The van der Waals surface area contributed by atoms with Crippen LogP contribution in [0.2, 0.25) is 10.0 Å². The van der Waals surface area contributed by atoms with Crippen molar-refractivity contribution in [2.75, 3.05) is 7.11 Å². The fourth-order valence-electron chi connectivity index (χ4n) is 2.08. The Morgan fingerprint density at radius 3 is 2.41 bits per heavy atom. The van der Waals surface area contributed by atoms with Gasteiger partial charge in [0.2, 0.25) is 6.10 Å². The highest BCUT2D eigenvalue weighted by molar-refractivity contribution is 6.43. The minimum atomic E-state index is -4.91. The molecule has 2 rings (SSSR count). The zero-order chi connectivity index (χ0) is 16.8. The lowest BCUT2D eigenvalue weighted by Gasteiger charge is -2.29. The molecule has 1 aromatic carbocycles. The molecule has 1 aromatic rings. The van der Waals surface area contributed by atoms with E-state index in [-0.39, 0.29) is 27.1 Å². The van der Waals surface area contributed by atoms with E-state index >= 15 is 0 Å². The number of hydrogen-bond donors (Lipinski definition) is 1. The van der Waals surface area contributed by atoms with E-state index < -0.39 is 23.8 Å². The van der Waals surface area contributed by atoms with Gasteiger partial charge in [0.1, 0.15) is 5.02 Å². The van der Waals surface area contributed by atoms with Crippen molar-refractivity contribution < 1.29 is 32.5 Å². The molecule has 22 heavy (non-hydrogen) atoms. The summed E-state index contributed by atoms with van der Waals surface area (Å²) in [6, 6.07) is 0. The van der Waals surface area contributed by atoms with Gasteiger partial charge in [-0.2, -0.15) is 13.2 Å². The summed E-state index contributed by atoms with van der Waals surface area (Å²) in [4.78, 5) is 11.1. The van der Waals surface area contributed by atoms with Crippen molar-refractivity contribution in [3.05, 3.63) is 26.7 Å². The number of carboxylic acid groups (broad SMARTS) is 1. The Morgan fingerprint density at radius 2 is 1.95 bits per heavy atom. The van der Waals surface area contributed by atoms with Gasteiger partial charge in [0, 0.05) is 5.56 Å². The lowest BCUT2D eigenvalue weighted by molar-refractivity contribution is -0.187. The molecule has 4 nitrogen and oxygen atoms in total. The van der Waals surface area contributed by atoms with Crippen LogP contribution in [0.15, 0.2) is 5.57 Å². The monoisotopic (exact) mass is 356 g/mol. The normalized spacial score (nSPS) is 17.4. The summed E-state index contributed by atoms with van der Waals surface area (Å²) in [7, 11) is 1.19. The first-order valence-corrected chi connectivity index (χ1v) is 6.59. The molecule has 0 bridgehead atoms. The Morgan fingerprint density at radius 1 is 1.36 bits per heavy atom. The van der Waals surface area contributed by atoms with Crippen LogP contribution in [0.1, 0.15) is 11.1 Å². The number of carbonyl (C=O) groups is 1. The summed E-state index contributed by atoms with van der Waals surface area (Å²) in [5.74, 6) is -2.21. The van der Waals surface area contributed by atoms with Gasteiger partial charge in [0.05, 0.1) is 17.7 Å². The molecule has 0 aromatic heterocycles. The Kier molecular flexibility index (Phi) is 4.23. The first kappa shape index (κ1) is 16.8. The standard InChI is InChI=1S/C13H9Cl2F3O4/c1-4-5-3-6(12(19)20)11(13(16,17)18)22-9(5)10(21-2)8(15)7(4)14/h3,11H,1-2H3,(H,19,20). The van der Waals surface area contributed by atoms with E-state index in [0.717, 1.165) is 6.08 Å². The summed E-state index contributed by atoms with van der Waals surface area (Å²) >= 11 is 11.9. The number of halogens is 5. The molecule has 0 aliphatic carbocycles. The largest absolute Gasteiger partial charge is 0.491 e.